The van der Waals surface area contributed by atoms with E-state index in [4.69, 9.17) is 9.72 Å². The Morgan fingerprint density at radius 1 is 1.18 bits per heavy atom. The highest BCUT2D eigenvalue weighted by Crippen LogP contribution is 2.33. The van der Waals surface area contributed by atoms with Crippen LogP contribution in [0.2, 0.25) is 0 Å². The van der Waals surface area contributed by atoms with Gasteiger partial charge in [0.25, 0.3) is 5.91 Å². The second kappa shape index (κ2) is 12.4. The highest BCUT2D eigenvalue weighted by molar-refractivity contribution is 8.00. The molecule has 1 aliphatic heterocycles. The van der Waals surface area contributed by atoms with Gasteiger partial charge in [-0.3, -0.25) is 14.6 Å². The smallest absolute Gasteiger partial charge is 0.260 e. The maximum absolute atomic E-state index is 13.7. The highest BCUT2D eigenvalue weighted by Gasteiger charge is 2.23. The van der Waals surface area contributed by atoms with Crippen LogP contribution in [0.4, 0.5) is 5.13 Å². The van der Waals surface area contributed by atoms with Crippen molar-refractivity contribution >= 4 is 68.5 Å². The van der Waals surface area contributed by atoms with Crippen LogP contribution in [-0.2, 0) is 4.74 Å². The van der Waals surface area contributed by atoms with Crippen LogP contribution in [0.1, 0.15) is 24.2 Å². The number of aromatic nitrogens is 1. The molecule has 9 heteroatoms. The third kappa shape index (κ3) is 6.87. The van der Waals surface area contributed by atoms with Crippen molar-refractivity contribution in [3.8, 4) is 0 Å². The zero-order chi connectivity index (χ0) is 22.5. The summed E-state index contributed by atoms with van der Waals surface area (Å²) in [7, 11) is 0. The van der Waals surface area contributed by atoms with E-state index in [1.807, 2.05) is 29.2 Å². The van der Waals surface area contributed by atoms with E-state index in [9.17, 15) is 4.79 Å². The van der Waals surface area contributed by atoms with Crippen molar-refractivity contribution < 1.29 is 9.53 Å². The number of amides is 1. The normalized spacial score (nSPS) is 14.4. The van der Waals surface area contributed by atoms with Crippen molar-refractivity contribution in [1.29, 1.82) is 0 Å². The monoisotopic (exact) mass is 523 g/mol. The average molecular weight is 524 g/mol. The Balaban J connectivity index is 0.00000306. The van der Waals surface area contributed by atoms with Crippen LogP contribution in [0.25, 0.3) is 10.2 Å². The number of benzene rings is 2. The molecule has 0 N–H and O–H groups in total. The second-order valence-electron chi connectivity index (χ2n) is 7.94. The average Bonchev–Trinajstić information content (AvgIpc) is 3.22. The van der Waals surface area contributed by atoms with Gasteiger partial charge in [0.2, 0.25) is 0 Å². The van der Waals surface area contributed by atoms with Gasteiger partial charge in [0, 0.05) is 46.8 Å². The number of carbonyl (C=O) groups is 1. The summed E-state index contributed by atoms with van der Waals surface area (Å²) in [6.07, 6.45) is 2.07. The van der Waals surface area contributed by atoms with Crippen molar-refractivity contribution in [2.24, 2.45) is 0 Å². The van der Waals surface area contributed by atoms with Crippen molar-refractivity contribution in [3.05, 3.63) is 48.0 Å². The van der Waals surface area contributed by atoms with Gasteiger partial charge < -0.3 is 4.74 Å². The Bertz CT molecular complexity index is 1070. The van der Waals surface area contributed by atoms with Crippen LogP contribution in [0, 0.1) is 0 Å². The van der Waals surface area contributed by atoms with Crippen molar-refractivity contribution in [3.63, 3.8) is 0 Å². The van der Waals surface area contributed by atoms with Crippen LogP contribution in [0.15, 0.2) is 52.3 Å². The first-order chi connectivity index (χ1) is 15.5. The molecule has 4 rings (SSSR count). The fraction of sp³-hybridized carbons (Fsp3) is 0.417. The quantitative estimate of drug-likeness (QED) is 0.341. The summed E-state index contributed by atoms with van der Waals surface area (Å²) in [6.45, 7) is 9.05. The number of morpholine rings is 1. The molecule has 1 amide bonds. The molecule has 0 bridgehead atoms. The van der Waals surface area contributed by atoms with Gasteiger partial charge in [-0.2, -0.15) is 0 Å². The third-order valence-electron chi connectivity index (χ3n) is 5.26. The molecular formula is C24H30ClN3O2S3. The molecule has 3 aromatic rings. The minimum atomic E-state index is 0. The molecule has 1 aromatic heterocycles. The molecule has 5 nitrogen and oxygen atoms in total. The van der Waals surface area contributed by atoms with Crippen molar-refractivity contribution in [2.75, 3.05) is 50.5 Å². The Labute approximate surface area is 214 Å². The van der Waals surface area contributed by atoms with Gasteiger partial charge in [0.05, 0.1) is 23.4 Å². The first kappa shape index (κ1) is 26.3. The number of fused-ring (bicyclic) bond motifs is 1. The van der Waals surface area contributed by atoms with Gasteiger partial charge in [-0.15, -0.1) is 35.9 Å². The lowest BCUT2D eigenvalue weighted by atomic mass is 10.2. The lowest BCUT2D eigenvalue weighted by Gasteiger charge is -2.29. The van der Waals surface area contributed by atoms with E-state index < -0.39 is 0 Å². The number of carbonyl (C=O) groups excluding carboxylic acids is 1. The number of nitrogens with zero attached hydrogens (tertiary/aromatic N) is 3. The zero-order valence-corrected chi connectivity index (χ0v) is 22.4. The second-order valence-corrected chi connectivity index (χ2v) is 11.5. The fourth-order valence-corrected chi connectivity index (χ4v) is 6.06. The predicted octanol–water partition coefficient (Wildman–Crippen LogP) is 5.92. The number of hydrogen-bond acceptors (Lipinski definition) is 7. The summed E-state index contributed by atoms with van der Waals surface area (Å²) in [6, 6.07) is 14.3. The maximum Gasteiger partial charge on any atom is 0.260 e. The van der Waals surface area contributed by atoms with Gasteiger partial charge in [-0.05, 0) is 42.7 Å². The van der Waals surface area contributed by atoms with Crippen LogP contribution >= 0.6 is 47.3 Å². The zero-order valence-electron chi connectivity index (χ0n) is 19.2. The van der Waals surface area contributed by atoms with Gasteiger partial charge in [-0.1, -0.05) is 31.3 Å². The summed E-state index contributed by atoms with van der Waals surface area (Å²) in [5.74, 6) is 0.00797. The highest BCUT2D eigenvalue weighted by atomic mass is 35.5. The molecular weight excluding hydrogens is 494 g/mol. The summed E-state index contributed by atoms with van der Waals surface area (Å²) in [5, 5.41) is 1.23. The summed E-state index contributed by atoms with van der Waals surface area (Å²) >= 11 is 5.08. The molecule has 0 aliphatic carbocycles. The Kier molecular flexibility index (Phi) is 9.91. The SMILES string of the molecule is CSc1ccc2nc(N(CCN3CCOCC3)C(=O)c3cccc(SC(C)C)c3)sc2c1.Cl. The molecule has 33 heavy (non-hydrogen) atoms. The topological polar surface area (TPSA) is 45.7 Å². The molecule has 1 aliphatic rings. The van der Waals surface area contributed by atoms with Crippen molar-refractivity contribution in [1.82, 2.24) is 9.88 Å². The van der Waals surface area contributed by atoms with Crippen LogP contribution in [0.3, 0.4) is 0 Å². The number of halogens is 1. The first-order valence-electron chi connectivity index (χ1n) is 10.9. The van der Waals surface area contributed by atoms with E-state index in [1.165, 1.54) is 4.90 Å². The number of rotatable bonds is 8. The van der Waals surface area contributed by atoms with Gasteiger partial charge in [0.1, 0.15) is 0 Å². The lowest BCUT2D eigenvalue weighted by Crippen LogP contribution is -2.43. The molecule has 1 saturated heterocycles. The van der Waals surface area contributed by atoms with Gasteiger partial charge in [0.15, 0.2) is 5.13 Å². The Morgan fingerprint density at radius 3 is 2.70 bits per heavy atom. The molecule has 2 aromatic carbocycles. The standard InChI is InChI=1S/C24H29N3O2S3.ClH/c1-17(2)31-20-6-4-5-18(15-20)23(28)27(10-9-26-11-13-29-14-12-26)24-25-21-8-7-19(30-3)16-22(21)32-24;/h4-8,15-17H,9-14H2,1-3H3;1H. The van der Waals surface area contributed by atoms with E-state index in [2.05, 4.69) is 43.2 Å². The Morgan fingerprint density at radius 2 is 1.97 bits per heavy atom. The van der Waals surface area contributed by atoms with E-state index >= 15 is 0 Å². The number of thiazole rings is 1. The first-order valence-corrected chi connectivity index (χ1v) is 13.8. The molecule has 0 radical (unpaired) electrons. The van der Waals surface area contributed by atoms with E-state index in [-0.39, 0.29) is 18.3 Å². The molecule has 2 heterocycles. The van der Waals surface area contributed by atoms with E-state index in [0.717, 1.165) is 53.1 Å². The third-order valence-corrected chi connectivity index (χ3v) is 8.02. The largest absolute Gasteiger partial charge is 0.379 e. The molecule has 1 fully saturated rings. The maximum atomic E-state index is 13.7. The summed E-state index contributed by atoms with van der Waals surface area (Å²) < 4.78 is 6.59. The minimum Gasteiger partial charge on any atom is -0.379 e. The van der Waals surface area contributed by atoms with Crippen LogP contribution < -0.4 is 4.90 Å². The number of thioether (sulfide) groups is 2. The number of hydrogen-bond donors (Lipinski definition) is 0. The van der Waals surface area contributed by atoms with Crippen LogP contribution in [-0.4, -0.2) is 66.7 Å². The molecule has 0 saturated carbocycles. The number of anilines is 1. The van der Waals surface area contributed by atoms with Crippen LogP contribution in [0.5, 0.6) is 0 Å². The lowest BCUT2D eigenvalue weighted by molar-refractivity contribution is 0.0391. The fourth-order valence-electron chi connectivity index (χ4n) is 3.62. The number of ether oxygens (including phenoxy) is 1. The van der Waals surface area contributed by atoms with Gasteiger partial charge in [-0.25, -0.2) is 4.98 Å². The van der Waals surface area contributed by atoms with E-state index in [1.54, 1.807) is 34.9 Å². The molecule has 178 valence electrons. The molecule has 0 unspecified atom stereocenters. The van der Waals surface area contributed by atoms with Gasteiger partial charge >= 0.3 is 0 Å². The van der Waals surface area contributed by atoms with E-state index in [0.29, 0.717) is 17.4 Å². The molecule has 0 spiro atoms. The van der Waals surface area contributed by atoms with Crippen molar-refractivity contribution in [2.45, 2.75) is 28.9 Å². The molecule has 0 atom stereocenters. The summed E-state index contributed by atoms with van der Waals surface area (Å²) in [5.41, 5.74) is 1.65. The predicted molar refractivity (Wildman–Crippen MR) is 145 cm³/mol. The minimum absolute atomic E-state index is 0. The summed E-state index contributed by atoms with van der Waals surface area (Å²) in [4.78, 5) is 25.1. The Hall–Kier alpha value is -1.29.